The molecule has 4 rings (SSSR count). The van der Waals surface area contributed by atoms with Crippen molar-refractivity contribution in [2.75, 3.05) is 13.1 Å². The number of amides is 1. The fourth-order valence-corrected chi connectivity index (χ4v) is 3.97. The first-order valence-electron chi connectivity index (χ1n) is 6.75. The molecule has 2 atom stereocenters. The number of hydrogen-bond acceptors (Lipinski definition) is 4. The number of fused-ring (bicyclic) bond motifs is 2. The molecule has 1 amide bonds. The van der Waals surface area contributed by atoms with Crippen molar-refractivity contribution in [3.05, 3.63) is 23.5 Å². The van der Waals surface area contributed by atoms with Crippen molar-refractivity contribution in [2.24, 2.45) is 0 Å². The third-order valence-electron chi connectivity index (χ3n) is 4.18. The summed E-state index contributed by atoms with van der Waals surface area (Å²) >= 11 is 1.64. The van der Waals surface area contributed by atoms with Gasteiger partial charge in [0.15, 0.2) is 4.96 Å². The van der Waals surface area contributed by atoms with Crippen LogP contribution in [0.4, 0.5) is 0 Å². The number of halogens is 1. The van der Waals surface area contributed by atoms with Crippen LogP contribution in [-0.2, 0) is 11.2 Å². The maximum atomic E-state index is 12.0. The summed E-state index contributed by atoms with van der Waals surface area (Å²) in [7, 11) is 0. The highest BCUT2D eigenvalue weighted by Gasteiger charge is 2.41. The van der Waals surface area contributed by atoms with Crippen molar-refractivity contribution in [2.45, 2.75) is 31.3 Å². The molecule has 108 valence electrons. The second-order valence-corrected chi connectivity index (χ2v) is 6.16. The highest BCUT2D eigenvalue weighted by molar-refractivity contribution is 7.15. The van der Waals surface area contributed by atoms with Gasteiger partial charge in [0.1, 0.15) is 0 Å². The van der Waals surface area contributed by atoms with Crippen LogP contribution in [0.25, 0.3) is 4.96 Å². The zero-order chi connectivity index (χ0) is 12.8. The van der Waals surface area contributed by atoms with Gasteiger partial charge in [0.25, 0.3) is 0 Å². The molecule has 2 aromatic heterocycles. The van der Waals surface area contributed by atoms with E-state index < -0.39 is 0 Å². The highest BCUT2D eigenvalue weighted by Crippen LogP contribution is 2.26. The van der Waals surface area contributed by atoms with E-state index in [2.05, 4.69) is 21.4 Å². The summed E-state index contributed by atoms with van der Waals surface area (Å²) in [6.45, 7) is 1.84. The number of aromatic nitrogens is 2. The van der Waals surface area contributed by atoms with E-state index in [9.17, 15) is 4.79 Å². The number of rotatable bonds is 3. The molecule has 0 radical (unpaired) electrons. The van der Waals surface area contributed by atoms with Gasteiger partial charge in [-0.25, -0.2) is 4.98 Å². The van der Waals surface area contributed by atoms with E-state index in [0.29, 0.717) is 24.4 Å². The molecule has 2 aromatic rings. The number of nitrogens with zero attached hydrogens (tertiary/aromatic N) is 3. The second-order valence-electron chi connectivity index (χ2n) is 5.28. The first-order chi connectivity index (χ1) is 9.31. The number of hydrogen-bond donors (Lipinski definition) is 1. The lowest BCUT2D eigenvalue weighted by Crippen LogP contribution is -2.37. The van der Waals surface area contributed by atoms with E-state index in [4.69, 9.17) is 0 Å². The van der Waals surface area contributed by atoms with Crippen LogP contribution in [0.1, 0.15) is 18.5 Å². The monoisotopic (exact) mass is 312 g/mol. The average molecular weight is 313 g/mol. The van der Waals surface area contributed by atoms with Gasteiger partial charge >= 0.3 is 0 Å². The fraction of sp³-hybridized carbons (Fsp3) is 0.538. The lowest BCUT2D eigenvalue weighted by Gasteiger charge is -2.22. The first kappa shape index (κ1) is 13.9. The molecule has 4 heterocycles. The lowest BCUT2D eigenvalue weighted by atomic mass is 10.1. The van der Waals surface area contributed by atoms with Crippen LogP contribution in [-0.4, -0.2) is 45.4 Å². The molecule has 2 saturated heterocycles. The Bertz CT molecular complexity index is 596. The molecule has 20 heavy (non-hydrogen) atoms. The van der Waals surface area contributed by atoms with Gasteiger partial charge in [-0.05, 0) is 13.0 Å². The van der Waals surface area contributed by atoms with Gasteiger partial charge in [0.05, 0.1) is 5.69 Å². The molecule has 2 aliphatic heterocycles. The minimum absolute atomic E-state index is 0. The van der Waals surface area contributed by atoms with Gasteiger partial charge in [-0.15, -0.1) is 23.7 Å². The molecular weight excluding hydrogens is 296 g/mol. The van der Waals surface area contributed by atoms with Gasteiger partial charge in [-0.1, -0.05) is 0 Å². The number of imidazole rings is 1. The summed E-state index contributed by atoms with van der Waals surface area (Å²) in [4.78, 5) is 19.7. The smallest absolute Gasteiger partial charge is 0.224 e. The second kappa shape index (κ2) is 5.35. The maximum absolute atomic E-state index is 12.0. The zero-order valence-electron chi connectivity index (χ0n) is 11.0. The van der Waals surface area contributed by atoms with Crippen LogP contribution in [0, 0.1) is 0 Å². The Balaban J connectivity index is 0.00000121. The molecule has 0 aromatic carbocycles. The molecule has 0 spiro atoms. The molecule has 5 nitrogen and oxygen atoms in total. The first-order valence-corrected chi connectivity index (χ1v) is 7.63. The molecule has 2 fully saturated rings. The number of nitrogens with one attached hydrogen (secondary N) is 1. The number of carbonyl (C=O) groups is 1. The summed E-state index contributed by atoms with van der Waals surface area (Å²) < 4.78 is 2.05. The van der Waals surface area contributed by atoms with Crippen molar-refractivity contribution in [1.82, 2.24) is 19.6 Å². The molecule has 0 unspecified atom stereocenters. The molecule has 0 aliphatic carbocycles. The van der Waals surface area contributed by atoms with Crippen molar-refractivity contribution in [3.63, 3.8) is 0 Å². The van der Waals surface area contributed by atoms with E-state index in [1.54, 1.807) is 11.3 Å². The van der Waals surface area contributed by atoms with E-state index in [0.717, 1.165) is 36.6 Å². The quantitative estimate of drug-likeness (QED) is 0.930. The molecule has 0 saturated carbocycles. The lowest BCUT2D eigenvalue weighted by molar-refractivity contribution is -0.129. The Morgan fingerprint density at radius 1 is 1.50 bits per heavy atom. The van der Waals surface area contributed by atoms with Crippen molar-refractivity contribution >= 4 is 34.6 Å². The normalized spacial score (nSPS) is 25.2. The van der Waals surface area contributed by atoms with Crippen LogP contribution < -0.4 is 5.32 Å². The minimum atomic E-state index is 0. The van der Waals surface area contributed by atoms with Crippen LogP contribution in [0.15, 0.2) is 17.8 Å². The third kappa shape index (κ3) is 2.21. The predicted molar refractivity (Wildman–Crippen MR) is 80.5 cm³/mol. The van der Waals surface area contributed by atoms with Crippen molar-refractivity contribution in [1.29, 1.82) is 0 Å². The van der Waals surface area contributed by atoms with Gasteiger partial charge in [0.2, 0.25) is 5.91 Å². The average Bonchev–Trinajstić information content (AvgIpc) is 3.06. The van der Waals surface area contributed by atoms with Crippen molar-refractivity contribution < 1.29 is 4.79 Å². The van der Waals surface area contributed by atoms with E-state index >= 15 is 0 Å². The van der Waals surface area contributed by atoms with Crippen LogP contribution >= 0.6 is 23.7 Å². The SMILES string of the molecule is Cl.O=C1C[C@H]2NCC[C@H]2N1CCc1cn2ccsc2n1. The zero-order valence-corrected chi connectivity index (χ0v) is 12.6. The number of thiazole rings is 1. The largest absolute Gasteiger partial charge is 0.338 e. The summed E-state index contributed by atoms with van der Waals surface area (Å²) in [6.07, 6.45) is 6.70. The molecule has 1 N–H and O–H groups in total. The van der Waals surface area contributed by atoms with E-state index in [1.807, 2.05) is 16.0 Å². The fourth-order valence-electron chi connectivity index (χ4n) is 3.25. The summed E-state index contributed by atoms with van der Waals surface area (Å²) in [5.74, 6) is 0.295. The molecule has 0 bridgehead atoms. The maximum Gasteiger partial charge on any atom is 0.224 e. The molecule has 2 aliphatic rings. The number of likely N-dealkylation sites (tertiary alicyclic amines) is 1. The predicted octanol–water partition coefficient (Wildman–Crippen LogP) is 1.32. The van der Waals surface area contributed by atoms with Gasteiger partial charge < -0.3 is 10.2 Å². The Morgan fingerprint density at radius 2 is 2.40 bits per heavy atom. The van der Waals surface area contributed by atoms with Gasteiger partial charge in [-0.3, -0.25) is 9.20 Å². The Morgan fingerprint density at radius 3 is 3.25 bits per heavy atom. The van der Waals surface area contributed by atoms with Crippen molar-refractivity contribution in [3.8, 4) is 0 Å². The summed E-state index contributed by atoms with van der Waals surface area (Å²) in [6, 6.07) is 0.800. The molecule has 7 heteroatoms. The minimum Gasteiger partial charge on any atom is -0.338 e. The van der Waals surface area contributed by atoms with E-state index in [-0.39, 0.29) is 12.4 Å². The van der Waals surface area contributed by atoms with Crippen LogP contribution in [0.2, 0.25) is 0 Å². The summed E-state index contributed by atoms with van der Waals surface area (Å²) in [5.41, 5.74) is 1.08. The van der Waals surface area contributed by atoms with Gasteiger partial charge in [0, 0.05) is 49.2 Å². The Hall–Kier alpha value is -1.11. The van der Waals surface area contributed by atoms with Gasteiger partial charge in [-0.2, -0.15) is 0 Å². The van der Waals surface area contributed by atoms with E-state index in [1.165, 1.54) is 0 Å². The highest BCUT2D eigenvalue weighted by atomic mass is 35.5. The van der Waals surface area contributed by atoms with Crippen LogP contribution in [0.5, 0.6) is 0 Å². The Labute approximate surface area is 127 Å². The third-order valence-corrected chi connectivity index (χ3v) is 4.95. The standard InChI is InChI=1S/C13H16N4OS.ClH/c18-12-7-10-11(1-3-14-10)17(12)4-2-9-8-16-5-6-19-13(16)15-9;/h5-6,8,10-11,14H,1-4,7H2;1H/t10-,11-;/m1./s1. The topological polar surface area (TPSA) is 49.6 Å². The summed E-state index contributed by atoms with van der Waals surface area (Å²) in [5, 5.41) is 5.45. The Kier molecular flexibility index (Phi) is 3.70. The molecular formula is C13H17ClN4OS. The van der Waals surface area contributed by atoms with Crippen LogP contribution in [0.3, 0.4) is 0 Å². The number of carbonyl (C=O) groups excluding carboxylic acids is 1.